The molecule has 9 heteroatoms. The summed E-state index contributed by atoms with van der Waals surface area (Å²) < 4.78 is 13.1. The highest BCUT2D eigenvalue weighted by Gasteiger charge is 2.32. The lowest BCUT2D eigenvalue weighted by Gasteiger charge is -2.42. The summed E-state index contributed by atoms with van der Waals surface area (Å²) in [6, 6.07) is 8.38. The Kier molecular flexibility index (Phi) is 6.46. The van der Waals surface area contributed by atoms with Crippen LogP contribution in [-0.4, -0.2) is 65.0 Å². The zero-order valence-electron chi connectivity index (χ0n) is 20.2. The lowest BCUT2D eigenvalue weighted by Crippen LogP contribution is -2.54. The topological polar surface area (TPSA) is 72.0 Å². The highest BCUT2D eigenvalue weighted by atomic mass is 35.5. The second-order valence-electron chi connectivity index (χ2n) is 9.83. The first-order valence-electron chi connectivity index (χ1n) is 12.5. The van der Waals surface area contributed by atoms with E-state index in [0.29, 0.717) is 30.5 Å². The summed E-state index contributed by atoms with van der Waals surface area (Å²) in [4.78, 5) is 33.6. The molecule has 1 aromatic carbocycles. The maximum absolute atomic E-state index is 12.1. The molecule has 5 heterocycles. The van der Waals surface area contributed by atoms with E-state index in [4.69, 9.17) is 21.1 Å². The van der Waals surface area contributed by atoms with Crippen molar-refractivity contribution in [3.05, 3.63) is 45.9 Å². The number of hydrogen-bond acceptors (Lipinski definition) is 7. The Hall–Kier alpha value is -2.52. The number of thiophene rings is 1. The van der Waals surface area contributed by atoms with E-state index in [9.17, 15) is 9.59 Å². The van der Waals surface area contributed by atoms with Gasteiger partial charge in [-0.1, -0.05) is 11.6 Å². The fourth-order valence-corrected chi connectivity index (χ4v) is 6.72. The van der Waals surface area contributed by atoms with Gasteiger partial charge in [-0.2, -0.15) is 0 Å². The van der Waals surface area contributed by atoms with Crippen LogP contribution >= 0.6 is 22.9 Å². The number of pyridine rings is 1. The van der Waals surface area contributed by atoms with Gasteiger partial charge in [0.05, 0.1) is 36.0 Å². The van der Waals surface area contributed by atoms with Crippen LogP contribution in [0.15, 0.2) is 30.5 Å². The molecular weight excluding hydrogens is 498 g/mol. The fraction of sp³-hybridized carbons (Fsp3) is 0.444. The first kappa shape index (κ1) is 23.9. The van der Waals surface area contributed by atoms with Crippen molar-refractivity contribution < 1.29 is 19.1 Å². The average Bonchev–Trinajstić information content (AvgIpc) is 3.38. The normalized spacial score (nSPS) is 21.4. The van der Waals surface area contributed by atoms with Crippen LogP contribution in [0, 0.1) is 6.92 Å². The molecule has 188 valence electrons. The Morgan fingerprint density at radius 3 is 2.72 bits per heavy atom. The van der Waals surface area contributed by atoms with Crippen molar-refractivity contribution in [1.29, 1.82) is 0 Å². The van der Waals surface area contributed by atoms with Gasteiger partial charge in [0.2, 0.25) is 11.8 Å². The lowest BCUT2D eigenvalue weighted by molar-refractivity contribution is -0.138. The third-order valence-corrected chi connectivity index (χ3v) is 8.65. The minimum Gasteiger partial charge on any atom is -0.488 e. The Labute approximate surface area is 218 Å². The molecule has 3 saturated heterocycles. The van der Waals surface area contributed by atoms with Crippen LogP contribution in [0.1, 0.15) is 36.1 Å². The van der Waals surface area contributed by atoms with Crippen molar-refractivity contribution in [1.82, 2.24) is 14.8 Å². The number of nitrogens with zero attached hydrogens (tertiary/aromatic N) is 3. The molecule has 2 aromatic heterocycles. The molecule has 0 aliphatic carbocycles. The van der Waals surface area contributed by atoms with E-state index in [0.717, 1.165) is 76.7 Å². The van der Waals surface area contributed by atoms with E-state index in [-0.39, 0.29) is 17.9 Å². The Balaban J connectivity index is 1.33. The van der Waals surface area contributed by atoms with Crippen molar-refractivity contribution in [2.75, 3.05) is 26.3 Å². The van der Waals surface area contributed by atoms with Gasteiger partial charge in [0.25, 0.3) is 0 Å². The van der Waals surface area contributed by atoms with Crippen LogP contribution in [0.2, 0.25) is 5.02 Å². The van der Waals surface area contributed by atoms with Gasteiger partial charge in [-0.25, -0.2) is 0 Å². The van der Waals surface area contributed by atoms with Gasteiger partial charge in [-0.05, 0) is 56.1 Å². The first-order valence-corrected chi connectivity index (χ1v) is 13.7. The second kappa shape index (κ2) is 9.74. The molecule has 3 aliphatic rings. The number of carbonyl (C=O) groups excluding carboxylic acids is 2. The standard InChI is InChI=1S/C27H28ClN3O4S/c1-16-9-17(28)10-22(26(16)35-19-3-2-8-30(12-19)18-14-34-15-18)21-6-7-29-23-11-20(36-27(21)23)13-31-24(32)4-5-25(31)33/h6-7,9-11,18-19H,2-5,8,12-15H2,1H3/t19-/m0/s1. The largest absolute Gasteiger partial charge is 0.488 e. The van der Waals surface area contributed by atoms with Crippen LogP contribution in [0.25, 0.3) is 21.3 Å². The lowest BCUT2D eigenvalue weighted by atomic mass is 10.0. The number of imide groups is 1. The Morgan fingerprint density at radius 2 is 1.97 bits per heavy atom. The summed E-state index contributed by atoms with van der Waals surface area (Å²) >= 11 is 8.10. The van der Waals surface area contributed by atoms with Crippen molar-refractivity contribution in [3.63, 3.8) is 0 Å². The second-order valence-corrected chi connectivity index (χ2v) is 11.4. The maximum atomic E-state index is 12.1. The number of amides is 2. The molecule has 3 fully saturated rings. The third-order valence-electron chi connectivity index (χ3n) is 7.29. The molecule has 0 spiro atoms. The monoisotopic (exact) mass is 525 g/mol. The quantitative estimate of drug-likeness (QED) is 0.430. The van der Waals surface area contributed by atoms with Crippen molar-refractivity contribution >= 4 is 45.0 Å². The molecule has 0 unspecified atom stereocenters. The molecule has 0 saturated carbocycles. The van der Waals surface area contributed by atoms with Crippen molar-refractivity contribution in [2.24, 2.45) is 0 Å². The highest BCUT2D eigenvalue weighted by Crippen LogP contribution is 2.42. The molecule has 36 heavy (non-hydrogen) atoms. The van der Waals surface area contributed by atoms with Gasteiger partial charge in [0, 0.05) is 46.6 Å². The number of likely N-dealkylation sites (tertiary alicyclic amines) is 2. The molecule has 0 N–H and O–H groups in total. The maximum Gasteiger partial charge on any atom is 0.230 e. The predicted molar refractivity (Wildman–Crippen MR) is 139 cm³/mol. The van der Waals surface area contributed by atoms with Crippen molar-refractivity contribution in [2.45, 2.75) is 51.3 Å². The number of carbonyl (C=O) groups is 2. The molecule has 1 atom stereocenters. The van der Waals surface area contributed by atoms with Crippen LogP contribution < -0.4 is 4.74 Å². The van der Waals surface area contributed by atoms with E-state index in [1.165, 1.54) is 4.90 Å². The predicted octanol–water partition coefficient (Wildman–Crippen LogP) is 4.82. The summed E-state index contributed by atoms with van der Waals surface area (Å²) in [6.07, 6.45) is 4.59. The summed E-state index contributed by atoms with van der Waals surface area (Å²) in [5, 5.41) is 0.654. The van der Waals surface area contributed by atoms with Crippen LogP contribution in [0.5, 0.6) is 5.75 Å². The van der Waals surface area contributed by atoms with E-state index >= 15 is 0 Å². The zero-order chi connectivity index (χ0) is 24.8. The summed E-state index contributed by atoms with van der Waals surface area (Å²) in [5.41, 5.74) is 3.77. The number of rotatable bonds is 6. The minimum atomic E-state index is -0.109. The van der Waals surface area contributed by atoms with E-state index in [2.05, 4.69) is 9.88 Å². The van der Waals surface area contributed by atoms with Gasteiger partial charge in [-0.15, -0.1) is 11.3 Å². The number of piperidine rings is 1. The number of aromatic nitrogens is 1. The van der Waals surface area contributed by atoms with Crippen LogP contribution in [0.3, 0.4) is 0 Å². The van der Waals surface area contributed by atoms with Crippen LogP contribution in [0.4, 0.5) is 0 Å². The van der Waals surface area contributed by atoms with E-state index in [1.807, 2.05) is 31.2 Å². The number of ether oxygens (including phenoxy) is 2. The molecule has 3 aromatic rings. The number of hydrogen-bond donors (Lipinski definition) is 0. The molecule has 6 rings (SSSR count). The fourth-order valence-electron chi connectivity index (χ4n) is 5.31. The van der Waals surface area contributed by atoms with Gasteiger partial charge in [0.1, 0.15) is 11.9 Å². The summed E-state index contributed by atoms with van der Waals surface area (Å²) in [6.45, 7) is 5.92. The summed E-state index contributed by atoms with van der Waals surface area (Å²) in [5.74, 6) is 0.631. The molecule has 3 aliphatic heterocycles. The molecule has 0 radical (unpaired) electrons. The number of halogens is 1. The molecule has 7 nitrogen and oxygen atoms in total. The number of fused-ring (bicyclic) bond motifs is 1. The Morgan fingerprint density at radius 1 is 1.17 bits per heavy atom. The van der Waals surface area contributed by atoms with Crippen molar-refractivity contribution in [3.8, 4) is 16.9 Å². The third kappa shape index (κ3) is 4.52. The van der Waals surface area contributed by atoms with Crippen LogP contribution in [-0.2, 0) is 20.9 Å². The highest BCUT2D eigenvalue weighted by molar-refractivity contribution is 7.19. The number of benzene rings is 1. The summed E-state index contributed by atoms with van der Waals surface area (Å²) in [7, 11) is 0. The zero-order valence-corrected chi connectivity index (χ0v) is 21.7. The minimum absolute atomic E-state index is 0.0985. The first-order chi connectivity index (χ1) is 17.5. The molecule has 2 amide bonds. The average molecular weight is 526 g/mol. The Bertz CT molecular complexity index is 1320. The smallest absolute Gasteiger partial charge is 0.230 e. The van der Waals surface area contributed by atoms with Gasteiger partial charge < -0.3 is 9.47 Å². The van der Waals surface area contributed by atoms with Gasteiger partial charge in [-0.3, -0.25) is 24.4 Å². The SMILES string of the molecule is Cc1cc(Cl)cc(-c2ccnc3cc(CN4C(=O)CCC4=O)sc23)c1O[C@H]1CCCN(C2COC2)C1. The van der Waals surface area contributed by atoms with Gasteiger partial charge >= 0.3 is 0 Å². The van der Waals surface area contributed by atoms with E-state index in [1.54, 1.807) is 17.5 Å². The molecule has 0 bridgehead atoms. The number of aryl methyl sites for hydroxylation is 1. The van der Waals surface area contributed by atoms with E-state index < -0.39 is 0 Å². The van der Waals surface area contributed by atoms with Gasteiger partial charge in [0.15, 0.2) is 0 Å². The molecular formula is C27H28ClN3O4S.